The maximum absolute atomic E-state index is 15.2. The van der Waals surface area contributed by atoms with E-state index in [0.29, 0.717) is 38.5 Å². The Kier molecular flexibility index (Phi) is 4.35. The molecule has 2 N–H and O–H groups in total. The number of ketones is 2. The molecule has 0 amide bonds. The molecule has 9 atom stereocenters. The SMILES string of the molecule is C[C@]12CC[C@@H](O)C[C@H]1[C@H](F)C[C@H]1[C@@H]3CC[C@H](C(=O)CO)[C@@]3(C)CC(=O)[C@@H]12. The molecule has 0 aromatic rings. The van der Waals surface area contributed by atoms with Gasteiger partial charge >= 0.3 is 0 Å². The van der Waals surface area contributed by atoms with Crippen LogP contribution in [0.2, 0.25) is 0 Å². The normalized spacial score (nSPS) is 53.6. The number of carbonyl (C=O) groups is 2. The van der Waals surface area contributed by atoms with Crippen LogP contribution in [-0.4, -0.2) is 40.7 Å². The van der Waals surface area contributed by atoms with E-state index in [1.165, 1.54) is 0 Å². The van der Waals surface area contributed by atoms with Crippen LogP contribution in [0, 0.1) is 40.4 Å². The number of rotatable bonds is 2. The topological polar surface area (TPSA) is 74.6 Å². The summed E-state index contributed by atoms with van der Waals surface area (Å²) in [6, 6.07) is 0. The molecule has 0 aromatic heterocycles. The summed E-state index contributed by atoms with van der Waals surface area (Å²) < 4.78 is 15.2. The van der Waals surface area contributed by atoms with Gasteiger partial charge in [-0.2, -0.15) is 0 Å². The van der Waals surface area contributed by atoms with Gasteiger partial charge in [-0.1, -0.05) is 13.8 Å². The molecule has 4 aliphatic rings. The zero-order valence-corrected chi connectivity index (χ0v) is 15.8. The standard InChI is InChI=1S/C21H31FO4/c1-20-6-5-11(24)7-15(20)16(22)8-12-13-3-4-14(18(26)10-23)21(13,2)9-17(25)19(12)20/h11-16,19,23-24H,3-10H2,1-2H3/t11-,12+,13+,14-,15+,16-,19-,20+,21+/m1/s1. The van der Waals surface area contributed by atoms with Gasteiger partial charge in [0.15, 0.2) is 5.78 Å². The first-order valence-electron chi connectivity index (χ1n) is 10.2. The summed E-state index contributed by atoms with van der Waals surface area (Å²) in [6.45, 7) is 3.61. The first kappa shape index (κ1) is 18.5. The Morgan fingerprint density at radius 1 is 1.15 bits per heavy atom. The number of alkyl halides is 1. The fourth-order valence-electron chi connectivity index (χ4n) is 7.69. The molecule has 146 valence electrons. The van der Waals surface area contributed by atoms with E-state index < -0.39 is 24.3 Å². The largest absolute Gasteiger partial charge is 0.393 e. The number of carbonyl (C=O) groups excluding carboxylic acids is 2. The van der Waals surface area contributed by atoms with Crippen LogP contribution in [0.1, 0.15) is 58.8 Å². The maximum atomic E-state index is 15.2. The number of aliphatic hydroxyl groups is 2. The molecule has 0 saturated heterocycles. The van der Waals surface area contributed by atoms with Crippen LogP contribution in [0.15, 0.2) is 0 Å². The van der Waals surface area contributed by atoms with Gasteiger partial charge in [0.25, 0.3) is 0 Å². The van der Waals surface area contributed by atoms with Crippen molar-refractivity contribution in [1.29, 1.82) is 0 Å². The molecule has 5 heteroatoms. The van der Waals surface area contributed by atoms with Crippen LogP contribution in [0.25, 0.3) is 0 Å². The smallest absolute Gasteiger partial charge is 0.161 e. The molecule has 0 heterocycles. The third-order valence-electron chi connectivity index (χ3n) is 8.83. The summed E-state index contributed by atoms with van der Waals surface area (Å²) in [5.74, 6) is -0.483. The minimum atomic E-state index is -0.987. The molecule has 26 heavy (non-hydrogen) atoms. The average molecular weight is 366 g/mol. The van der Waals surface area contributed by atoms with Gasteiger partial charge in [0.05, 0.1) is 6.10 Å². The van der Waals surface area contributed by atoms with Gasteiger partial charge < -0.3 is 10.2 Å². The number of aliphatic hydroxyl groups excluding tert-OH is 2. The molecule has 0 radical (unpaired) electrons. The first-order chi connectivity index (χ1) is 12.2. The Balaban J connectivity index is 1.70. The highest BCUT2D eigenvalue weighted by atomic mass is 19.1. The number of fused-ring (bicyclic) bond motifs is 5. The van der Waals surface area contributed by atoms with Gasteiger partial charge in [0, 0.05) is 18.3 Å². The quantitative estimate of drug-likeness (QED) is 0.788. The van der Waals surface area contributed by atoms with Gasteiger partial charge in [-0.3, -0.25) is 9.59 Å². The van der Waals surface area contributed by atoms with Crippen LogP contribution in [-0.2, 0) is 9.59 Å². The summed E-state index contributed by atoms with van der Waals surface area (Å²) in [5, 5.41) is 19.4. The Hall–Kier alpha value is -0.810. The third kappa shape index (κ3) is 2.39. The van der Waals surface area contributed by atoms with Crippen LogP contribution in [0.3, 0.4) is 0 Å². The predicted octanol–water partition coefficient (Wildman–Crippen LogP) is 2.69. The summed E-state index contributed by atoms with van der Waals surface area (Å²) in [7, 11) is 0. The first-order valence-corrected chi connectivity index (χ1v) is 10.2. The van der Waals surface area contributed by atoms with Crippen molar-refractivity contribution in [2.75, 3.05) is 6.61 Å². The highest BCUT2D eigenvalue weighted by Gasteiger charge is 2.65. The van der Waals surface area contributed by atoms with E-state index in [1.54, 1.807) is 0 Å². The van der Waals surface area contributed by atoms with Gasteiger partial charge in [-0.05, 0) is 67.1 Å². The van der Waals surface area contributed by atoms with Crippen molar-refractivity contribution >= 4 is 11.6 Å². The molecule has 0 bridgehead atoms. The van der Waals surface area contributed by atoms with Crippen molar-refractivity contribution in [2.45, 2.75) is 71.1 Å². The summed E-state index contributed by atoms with van der Waals surface area (Å²) >= 11 is 0. The fraction of sp³-hybridized carbons (Fsp3) is 0.905. The molecule has 0 spiro atoms. The van der Waals surface area contributed by atoms with E-state index >= 15 is 4.39 Å². The molecular weight excluding hydrogens is 335 g/mol. The van der Waals surface area contributed by atoms with Gasteiger partial charge in [-0.15, -0.1) is 0 Å². The van der Waals surface area contributed by atoms with Gasteiger partial charge in [0.1, 0.15) is 18.6 Å². The molecule has 4 aliphatic carbocycles. The molecule has 0 aliphatic heterocycles. The zero-order chi connectivity index (χ0) is 18.9. The monoisotopic (exact) mass is 366 g/mol. The summed E-state index contributed by atoms with van der Waals surface area (Å²) in [5.41, 5.74) is -0.811. The van der Waals surface area contributed by atoms with Crippen LogP contribution >= 0.6 is 0 Å². The Labute approximate surface area is 154 Å². The Bertz CT molecular complexity index is 621. The minimum Gasteiger partial charge on any atom is -0.393 e. The van der Waals surface area contributed by atoms with E-state index in [1.807, 2.05) is 6.92 Å². The lowest BCUT2D eigenvalue weighted by Crippen LogP contribution is -2.60. The Morgan fingerprint density at radius 2 is 1.88 bits per heavy atom. The molecule has 4 fully saturated rings. The van der Waals surface area contributed by atoms with Crippen LogP contribution < -0.4 is 0 Å². The van der Waals surface area contributed by atoms with Crippen LogP contribution in [0.4, 0.5) is 4.39 Å². The second-order valence-corrected chi connectivity index (χ2v) is 9.94. The minimum absolute atomic E-state index is 0.00997. The van der Waals surface area contributed by atoms with E-state index in [4.69, 9.17) is 0 Å². The van der Waals surface area contributed by atoms with E-state index in [0.717, 1.165) is 6.42 Å². The van der Waals surface area contributed by atoms with E-state index in [-0.39, 0.29) is 46.6 Å². The van der Waals surface area contributed by atoms with E-state index in [2.05, 4.69) is 6.92 Å². The highest BCUT2D eigenvalue weighted by Crippen LogP contribution is 2.66. The highest BCUT2D eigenvalue weighted by molar-refractivity contribution is 5.88. The molecule has 0 aromatic carbocycles. The van der Waals surface area contributed by atoms with Crippen LogP contribution in [0.5, 0.6) is 0 Å². The number of hydrogen-bond acceptors (Lipinski definition) is 4. The third-order valence-corrected chi connectivity index (χ3v) is 8.83. The van der Waals surface area contributed by atoms with Crippen molar-refractivity contribution in [3.05, 3.63) is 0 Å². The average Bonchev–Trinajstić information content (AvgIpc) is 2.92. The number of Topliss-reactive ketones (excluding diaryl/α,β-unsaturated/α-hetero) is 2. The van der Waals surface area contributed by atoms with Gasteiger partial charge in [-0.25, -0.2) is 4.39 Å². The summed E-state index contributed by atoms with van der Waals surface area (Å²) in [4.78, 5) is 25.6. The van der Waals surface area contributed by atoms with Gasteiger partial charge in [0.2, 0.25) is 0 Å². The maximum Gasteiger partial charge on any atom is 0.161 e. The van der Waals surface area contributed by atoms with Crippen molar-refractivity contribution in [1.82, 2.24) is 0 Å². The molecule has 0 unspecified atom stereocenters. The molecule has 4 rings (SSSR count). The van der Waals surface area contributed by atoms with Crippen molar-refractivity contribution in [3.63, 3.8) is 0 Å². The van der Waals surface area contributed by atoms with Crippen molar-refractivity contribution in [3.8, 4) is 0 Å². The lowest BCUT2D eigenvalue weighted by Gasteiger charge is -2.60. The molecule has 4 nitrogen and oxygen atoms in total. The number of halogens is 1. The Morgan fingerprint density at radius 3 is 2.58 bits per heavy atom. The van der Waals surface area contributed by atoms with Crippen molar-refractivity contribution < 1.29 is 24.2 Å². The predicted molar refractivity (Wildman–Crippen MR) is 94.0 cm³/mol. The zero-order valence-electron chi connectivity index (χ0n) is 15.8. The lowest BCUT2D eigenvalue weighted by atomic mass is 9.44. The number of hydrogen-bond donors (Lipinski definition) is 2. The second kappa shape index (κ2) is 6.10. The summed E-state index contributed by atoms with van der Waals surface area (Å²) in [6.07, 6.45) is 2.66. The van der Waals surface area contributed by atoms with Crippen molar-refractivity contribution in [2.24, 2.45) is 40.4 Å². The molecule has 4 saturated carbocycles. The van der Waals surface area contributed by atoms with E-state index in [9.17, 15) is 19.8 Å². The lowest BCUT2D eigenvalue weighted by molar-refractivity contribution is -0.172. The molecular formula is C21H31FO4. The second-order valence-electron chi connectivity index (χ2n) is 9.94. The fourth-order valence-corrected chi connectivity index (χ4v) is 7.69.